The smallest absolute Gasteiger partial charge is 0.390 e. The number of nitrogens with two attached hydrogens (primary N) is 1. The maximum atomic E-state index is 12.2. The fourth-order valence-electron chi connectivity index (χ4n) is 1.64. The molecule has 0 aliphatic carbocycles. The van der Waals surface area contributed by atoms with Crippen LogP contribution >= 0.6 is 0 Å². The van der Waals surface area contributed by atoms with E-state index >= 15 is 0 Å². The molecule has 1 aromatic heterocycles. The quantitative estimate of drug-likeness (QED) is 0.869. The molecular formula is C11H12F3N5. The molecule has 0 saturated carbocycles. The van der Waals surface area contributed by atoms with E-state index in [-0.39, 0.29) is 12.4 Å². The molecule has 0 aliphatic heterocycles. The molecule has 2 N–H and O–H groups in total. The molecule has 0 aliphatic rings. The molecule has 0 bridgehead atoms. The van der Waals surface area contributed by atoms with E-state index in [1.165, 1.54) is 0 Å². The van der Waals surface area contributed by atoms with Crippen LogP contribution in [-0.2, 0) is 6.54 Å². The van der Waals surface area contributed by atoms with Gasteiger partial charge in [-0.3, -0.25) is 0 Å². The Morgan fingerprint density at radius 1 is 1.32 bits per heavy atom. The van der Waals surface area contributed by atoms with Crippen molar-refractivity contribution >= 4 is 5.69 Å². The van der Waals surface area contributed by atoms with Crippen LogP contribution in [0.2, 0.25) is 0 Å². The SMILES string of the molecule is Cc1ccc(N)c(-c2nnnn2CCC(F)(F)F)c1. The second-order valence-corrected chi connectivity index (χ2v) is 4.18. The lowest BCUT2D eigenvalue weighted by Gasteiger charge is -2.09. The van der Waals surface area contributed by atoms with E-state index in [0.29, 0.717) is 11.3 Å². The number of aromatic nitrogens is 4. The first-order valence-electron chi connectivity index (χ1n) is 5.56. The largest absolute Gasteiger partial charge is 0.398 e. The van der Waals surface area contributed by atoms with Crippen LogP contribution in [0.1, 0.15) is 12.0 Å². The van der Waals surface area contributed by atoms with Gasteiger partial charge in [0.15, 0.2) is 5.82 Å². The summed E-state index contributed by atoms with van der Waals surface area (Å²) in [5, 5.41) is 10.7. The lowest BCUT2D eigenvalue weighted by molar-refractivity contribution is -0.137. The maximum Gasteiger partial charge on any atom is 0.390 e. The van der Waals surface area contributed by atoms with E-state index in [9.17, 15) is 13.2 Å². The van der Waals surface area contributed by atoms with Gasteiger partial charge in [-0.05, 0) is 29.5 Å². The number of nitrogens with zero attached hydrogens (tertiary/aromatic N) is 4. The maximum absolute atomic E-state index is 12.2. The van der Waals surface area contributed by atoms with Crippen molar-refractivity contribution in [2.45, 2.75) is 26.1 Å². The number of halogens is 3. The first-order valence-corrected chi connectivity index (χ1v) is 5.56. The highest BCUT2D eigenvalue weighted by Crippen LogP contribution is 2.26. The molecule has 5 nitrogen and oxygen atoms in total. The minimum atomic E-state index is -4.25. The van der Waals surface area contributed by atoms with E-state index < -0.39 is 12.6 Å². The summed E-state index contributed by atoms with van der Waals surface area (Å²) in [5.41, 5.74) is 7.69. The van der Waals surface area contributed by atoms with E-state index in [1.807, 2.05) is 13.0 Å². The predicted molar refractivity (Wildman–Crippen MR) is 63.1 cm³/mol. The second kappa shape index (κ2) is 4.87. The molecule has 8 heteroatoms. The number of tetrazole rings is 1. The molecule has 102 valence electrons. The topological polar surface area (TPSA) is 69.6 Å². The van der Waals surface area contributed by atoms with Crippen LogP contribution < -0.4 is 5.73 Å². The van der Waals surface area contributed by atoms with Gasteiger partial charge in [0, 0.05) is 11.3 Å². The number of aryl methyl sites for hydroxylation is 2. The Morgan fingerprint density at radius 3 is 2.74 bits per heavy atom. The number of rotatable bonds is 3. The highest BCUT2D eigenvalue weighted by molar-refractivity contribution is 5.71. The summed E-state index contributed by atoms with van der Waals surface area (Å²) >= 11 is 0. The Balaban J connectivity index is 2.31. The molecule has 1 heterocycles. The van der Waals surface area contributed by atoms with Gasteiger partial charge in [0.25, 0.3) is 0 Å². The molecule has 0 radical (unpaired) electrons. The van der Waals surface area contributed by atoms with Crippen LogP contribution in [0.25, 0.3) is 11.4 Å². The molecule has 0 amide bonds. The summed E-state index contributed by atoms with van der Waals surface area (Å²) < 4.78 is 37.8. The van der Waals surface area contributed by atoms with Gasteiger partial charge in [-0.1, -0.05) is 11.6 Å². The number of benzene rings is 1. The third-order valence-electron chi connectivity index (χ3n) is 2.59. The minimum Gasteiger partial charge on any atom is -0.398 e. The molecule has 0 fully saturated rings. The zero-order valence-corrected chi connectivity index (χ0v) is 10.1. The van der Waals surface area contributed by atoms with E-state index in [2.05, 4.69) is 15.5 Å². The number of hydrogen-bond acceptors (Lipinski definition) is 4. The number of nitrogen functional groups attached to an aromatic ring is 1. The van der Waals surface area contributed by atoms with Gasteiger partial charge in [0.2, 0.25) is 0 Å². The van der Waals surface area contributed by atoms with Crippen molar-refractivity contribution in [3.05, 3.63) is 23.8 Å². The van der Waals surface area contributed by atoms with Crippen LogP contribution in [0, 0.1) is 6.92 Å². The first kappa shape index (κ1) is 13.3. The molecular weight excluding hydrogens is 259 g/mol. The van der Waals surface area contributed by atoms with Gasteiger partial charge in [-0.25, -0.2) is 4.68 Å². The third-order valence-corrected chi connectivity index (χ3v) is 2.59. The minimum absolute atomic E-state index is 0.241. The molecule has 2 rings (SSSR count). The van der Waals surface area contributed by atoms with Gasteiger partial charge in [-0.15, -0.1) is 5.10 Å². The average molecular weight is 271 g/mol. The molecule has 19 heavy (non-hydrogen) atoms. The highest BCUT2D eigenvalue weighted by Gasteiger charge is 2.27. The summed E-state index contributed by atoms with van der Waals surface area (Å²) in [6, 6.07) is 5.22. The first-order chi connectivity index (χ1) is 8.87. The average Bonchev–Trinajstić information content (AvgIpc) is 2.77. The van der Waals surface area contributed by atoms with Crippen LogP contribution in [0.15, 0.2) is 18.2 Å². The van der Waals surface area contributed by atoms with Crippen LogP contribution in [0.5, 0.6) is 0 Å². The molecule has 0 spiro atoms. The van der Waals surface area contributed by atoms with Crippen LogP contribution in [-0.4, -0.2) is 26.4 Å². The van der Waals surface area contributed by atoms with Gasteiger partial charge < -0.3 is 5.73 Å². The van der Waals surface area contributed by atoms with Crippen LogP contribution in [0.4, 0.5) is 18.9 Å². The summed E-state index contributed by atoms with van der Waals surface area (Å²) in [4.78, 5) is 0. The van der Waals surface area contributed by atoms with E-state index in [4.69, 9.17) is 5.73 Å². The standard InChI is InChI=1S/C11H12F3N5/c1-7-2-3-9(15)8(6-7)10-16-17-18-19(10)5-4-11(12,13)14/h2-3,6H,4-5,15H2,1H3. The van der Waals surface area contributed by atoms with Crippen molar-refractivity contribution in [3.8, 4) is 11.4 Å². The Hall–Kier alpha value is -2.12. The molecule has 2 aromatic rings. The van der Waals surface area contributed by atoms with E-state index in [1.54, 1.807) is 12.1 Å². The van der Waals surface area contributed by atoms with Crippen molar-refractivity contribution < 1.29 is 13.2 Å². The van der Waals surface area contributed by atoms with Crippen molar-refractivity contribution in [2.24, 2.45) is 0 Å². The summed E-state index contributed by atoms with van der Waals surface area (Å²) in [6.07, 6.45) is -5.24. The van der Waals surface area contributed by atoms with Crippen molar-refractivity contribution in [2.75, 3.05) is 5.73 Å². The number of anilines is 1. The van der Waals surface area contributed by atoms with Crippen LogP contribution in [0.3, 0.4) is 0 Å². The zero-order valence-electron chi connectivity index (χ0n) is 10.1. The zero-order chi connectivity index (χ0) is 14.0. The predicted octanol–water partition coefficient (Wildman–Crippen LogP) is 2.18. The van der Waals surface area contributed by atoms with Gasteiger partial charge in [-0.2, -0.15) is 13.2 Å². The fraction of sp³-hybridized carbons (Fsp3) is 0.364. The Bertz CT molecular complexity index is 576. The lowest BCUT2D eigenvalue weighted by atomic mass is 10.1. The van der Waals surface area contributed by atoms with Crippen molar-refractivity contribution in [1.82, 2.24) is 20.2 Å². The Labute approximate surface area is 107 Å². The summed E-state index contributed by atoms with van der Waals surface area (Å²) in [7, 11) is 0. The molecule has 0 atom stereocenters. The summed E-state index contributed by atoms with van der Waals surface area (Å²) in [5.74, 6) is 0.241. The number of hydrogen-bond donors (Lipinski definition) is 1. The van der Waals surface area contributed by atoms with Crippen molar-refractivity contribution in [3.63, 3.8) is 0 Å². The third kappa shape index (κ3) is 3.21. The molecule has 1 aromatic carbocycles. The van der Waals surface area contributed by atoms with E-state index in [0.717, 1.165) is 10.2 Å². The Kier molecular flexibility index (Phi) is 3.41. The van der Waals surface area contributed by atoms with Gasteiger partial charge >= 0.3 is 6.18 Å². The number of alkyl halides is 3. The van der Waals surface area contributed by atoms with Gasteiger partial charge in [0.1, 0.15) is 0 Å². The van der Waals surface area contributed by atoms with Gasteiger partial charge in [0.05, 0.1) is 13.0 Å². The van der Waals surface area contributed by atoms with Crippen molar-refractivity contribution in [1.29, 1.82) is 0 Å². The Morgan fingerprint density at radius 2 is 2.05 bits per heavy atom. The lowest BCUT2D eigenvalue weighted by Crippen LogP contribution is -2.14. The normalized spacial score (nSPS) is 11.8. The highest BCUT2D eigenvalue weighted by atomic mass is 19.4. The molecule has 0 saturated heterocycles. The molecule has 0 unspecified atom stereocenters. The fourth-order valence-corrected chi connectivity index (χ4v) is 1.64. The summed E-state index contributed by atoms with van der Waals surface area (Å²) in [6.45, 7) is 1.52. The monoisotopic (exact) mass is 271 g/mol. The second-order valence-electron chi connectivity index (χ2n) is 4.18.